The predicted octanol–water partition coefficient (Wildman–Crippen LogP) is 4.13. The average Bonchev–Trinajstić information content (AvgIpc) is 2.78. The summed E-state index contributed by atoms with van der Waals surface area (Å²) >= 11 is 0. The minimum Gasteiger partial charge on any atom is -0.455 e. The van der Waals surface area contributed by atoms with E-state index in [1.165, 1.54) is 0 Å². The highest BCUT2D eigenvalue weighted by atomic mass is 16.3. The van der Waals surface area contributed by atoms with Crippen molar-refractivity contribution < 1.29 is 4.42 Å². The first-order valence-corrected chi connectivity index (χ1v) is 5.58. The molecule has 0 aliphatic heterocycles. The van der Waals surface area contributed by atoms with E-state index in [1.54, 1.807) is 6.20 Å². The zero-order valence-electron chi connectivity index (χ0n) is 9.05. The van der Waals surface area contributed by atoms with Crippen LogP contribution in [0.25, 0.3) is 32.8 Å². The average molecular weight is 219 g/mol. The Kier molecular flexibility index (Phi) is 1.59. The first kappa shape index (κ1) is 8.76. The summed E-state index contributed by atoms with van der Waals surface area (Å²) in [5, 5.41) is 3.38. The molecule has 0 fully saturated rings. The smallest absolute Gasteiger partial charge is 0.144 e. The second kappa shape index (κ2) is 3.08. The molecule has 4 rings (SSSR count). The molecule has 0 aliphatic carbocycles. The summed E-state index contributed by atoms with van der Waals surface area (Å²) in [4.78, 5) is 4.34. The fourth-order valence-electron chi connectivity index (χ4n) is 2.34. The van der Waals surface area contributed by atoms with Gasteiger partial charge in [0.2, 0.25) is 0 Å². The van der Waals surface area contributed by atoms with Crippen LogP contribution in [0.1, 0.15) is 0 Å². The van der Waals surface area contributed by atoms with Crippen molar-refractivity contribution in [2.75, 3.05) is 0 Å². The number of fused-ring (bicyclic) bond motifs is 5. The molecular formula is C15H9NO. The number of pyridine rings is 1. The Bertz CT molecular complexity index is 845. The lowest BCUT2D eigenvalue weighted by Crippen LogP contribution is -1.76. The lowest BCUT2D eigenvalue weighted by atomic mass is 10.1. The minimum atomic E-state index is 0.928. The summed E-state index contributed by atoms with van der Waals surface area (Å²) in [5.41, 5.74) is 2.83. The van der Waals surface area contributed by atoms with E-state index in [9.17, 15) is 0 Å². The maximum absolute atomic E-state index is 5.93. The molecule has 0 unspecified atom stereocenters. The predicted molar refractivity (Wildman–Crippen MR) is 69.0 cm³/mol. The Morgan fingerprint density at radius 1 is 0.765 bits per heavy atom. The van der Waals surface area contributed by atoms with Crippen molar-refractivity contribution in [1.29, 1.82) is 0 Å². The molecule has 2 heteroatoms. The standard InChI is InChI=1S/C15H9NO/c1-2-6-14-10(4-1)11-7-8-13-12(15(11)17-14)5-3-9-16-13/h1-9H. The summed E-state index contributed by atoms with van der Waals surface area (Å²) in [6.07, 6.45) is 1.80. The van der Waals surface area contributed by atoms with Gasteiger partial charge in [-0.25, -0.2) is 0 Å². The molecule has 0 saturated carbocycles. The molecule has 0 aliphatic rings. The topological polar surface area (TPSA) is 26.0 Å². The maximum atomic E-state index is 5.93. The van der Waals surface area contributed by atoms with Gasteiger partial charge in [0.05, 0.1) is 5.52 Å². The molecule has 2 aromatic carbocycles. The first-order chi connectivity index (χ1) is 8.43. The van der Waals surface area contributed by atoms with Gasteiger partial charge < -0.3 is 4.42 Å². The van der Waals surface area contributed by atoms with Gasteiger partial charge in [0, 0.05) is 22.4 Å². The number of hydrogen-bond donors (Lipinski definition) is 0. The Labute approximate surface area is 97.5 Å². The van der Waals surface area contributed by atoms with Crippen molar-refractivity contribution in [1.82, 2.24) is 4.98 Å². The summed E-state index contributed by atoms with van der Waals surface area (Å²) in [6.45, 7) is 0. The lowest BCUT2D eigenvalue weighted by molar-refractivity contribution is 0.672. The fraction of sp³-hybridized carbons (Fsp3) is 0. The fourth-order valence-corrected chi connectivity index (χ4v) is 2.34. The molecule has 0 atom stereocenters. The molecular weight excluding hydrogens is 210 g/mol. The highest BCUT2D eigenvalue weighted by molar-refractivity contribution is 6.14. The molecule has 0 N–H and O–H groups in total. The van der Waals surface area contributed by atoms with Crippen LogP contribution in [0.2, 0.25) is 0 Å². The Morgan fingerprint density at radius 2 is 1.65 bits per heavy atom. The Hall–Kier alpha value is -2.35. The van der Waals surface area contributed by atoms with Gasteiger partial charge >= 0.3 is 0 Å². The third-order valence-electron chi connectivity index (χ3n) is 3.12. The van der Waals surface area contributed by atoms with E-state index in [2.05, 4.69) is 17.1 Å². The van der Waals surface area contributed by atoms with Crippen molar-refractivity contribution in [3.05, 3.63) is 54.7 Å². The quantitative estimate of drug-likeness (QED) is 0.444. The summed E-state index contributed by atoms with van der Waals surface area (Å²) in [6, 6.07) is 16.2. The first-order valence-electron chi connectivity index (χ1n) is 5.58. The van der Waals surface area contributed by atoms with Crippen LogP contribution in [0.4, 0.5) is 0 Å². The maximum Gasteiger partial charge on any atom is 0.144 e. The number of hydrogen-bond acceptors (Lipinski definition) is 2. The van der Waals surface area contributed by atoms with Gasteiger partial charge in [-0.15, -0.1) is 0 Å². The normalized spacial score (nSPS) is 11.5. The number of para-hydroxylation sites is 1. The van der Waals surface area contributed by atoms with Crippen LogP contribution in [-0.2, 0) is 0 Å². The van der Waals surface area contributed by atoms with E-state index in [4.69, 9.17) is 4.42 Å². The Morgan fingerprint density at radius 3 is 2.65 bits per heavy atom. The molecule has 17 heavy (non-hydrogen) atoms. The van der Waals surface area contributed by atoms with Crippen molar-refractivity contribution >= 4 is 32.8 Å². The van der Waals surface area contributed by atoms with E-state index < -0.39 is 0 Å². The largest absolute Gasteiger partial charge is 0.455 e. The van der Waals surface area contributed by atoms with Crippen LogP contribution in [0.3, 0.4) is 0 Å². The van der Waals surface area contributed by atoms with Crippen molar-refractivity contribution in [3.63, 3.8) is 0 Å². The van der Waals surface area contributed by atoms with Gasteiger partial charge in [0.25, 0.3) is 0 Å². The van der Waals surface area contributed by atoms with E-state index in [0.29, 0.717) is 0 Å². The van der Waals surface area contributed by atoms with Gasteiger partial charge in [-0.1, -0.05) is 18.2 Å². The molecule has 0 saturated heterocycles. The third-order valence-corrected chi connectivity index (χ3v) is 3.12. The third kappa shape index (κ3) is 1.12. The van der Waals surface area contributed by atoms with Crippen molar-refractivity contribution in [2.45, 2.75) is 0 Å². The summed E-state index contributed by atoms with van der Waals surface area (Å²) in [5.74, 6) is 0. The SMILES string of the molecule is c1ccc2c(c1)oc1c3cccnc3ccc21. The van der Waals surface area contributed by atoms with Crippen LogP contribution < -0.4 is 0 Å². The van der Waals surface area contributed by atoms with Crippen LogP contribution in [-0.4, -0.2) is 4.98 Å². The molecule has 2 heterocycles. The van der Waals surface area contributed by atoms with Crippen LogP contribution in [0, 0.1) is 0 Å². The second-order valence-electron chi connectivity index (χ2n) is 4.11. The number of rotatable bonds is 0. The molecule has 0 bridgehead atoms. The highest BCUT2D eigenvalue weighted by Crippen LogP contribution is 2.32. The van der Waals surface area contributed by atoms with Crippen LogP contribution >= 0.6 is 0 Å². The Balaban J connectivity index is 2.34. The number of nitrogens with zero attached hydrogens (tertiary/aromatic N) is 1. The van der Waals surface area contributed by atoms with Crippen molar-refractivity contribution in [2.24, 2.45) is 0 Å². The number of benzene rings is 2. The zero-order valence-corrected chi connectivity index (χ0v) is 9.05. The molecule has 0 radical (unpaired) electrons. The zero-order chi connectivity index (χ0) is 11.2. The van der Waals surface area contributed by atoms with Gasteiger partial charge in [0.15, 0.2) is 0 Å². The summed E-state index contributed by atoms with van der Waals surface area (Å²) < 4.78 is 5.93. The molecule has 4 aromatic rings. The van der Waals surface area contributed by atoms with Crippen molar-refractivity contribution in [3.8, 4) is 0 Å². The van der Waals surface area contributed by atoms with E-state index >= 15 is 0 Å². The van der Waals surface area contributed by atoms with Gasteiger partial charge in [0.1, 0.15) is 11.2 Å². The minimum absolute atomic E-state index is 0.928. The summed E-state index contributed by atoms with van der Waals surface area (Å²) in [7, 11) is 0. The van der Waals surface area contributed by atoms with Crippen LogP contribution in [0.15, 0.2) is 59.1 Å². The van der Waals surface area contributed by atoms with E-state index in [0.717, 1.165) is 32.8 Å². The molecule has 2 aromatic heterocycles. The lowest BCUT2D eigenvalue weighted by Gasteiger charge is -1.96. The van der Waals surface area contributed by atoms with E-state index in [-0.39, 0.29) is 0 Å². The highest BCUT2D eigenvalue weighted by Gasteiger charge is 2.09. The number of furan rings is 1. The molecule has 0 spiro atoms. The van der Waals surface area contributed by atoms with Gasteiger partial charge in [-0.05, 0) is 30.3 Å². The monoisotopic (exact) mass is 219 g/mol. The molecule has 2 nitrogen and oxygen atoms in total. The van der Waals surface area contributed by atoms with Gasteiger partial charge in [-0.2, -0.15) is 0 Å². The van der Waals surface area contributed by atoms with Crippen LogP contribution in [0.5, 0.6) is 0 Å². The number of aromatic nitrogens is 1. The molecule has 0 amide bonds. The van der Waals surface area contributed by atoms with E-state index in [1.807, 2.05) is 36.4 Å². The van der Waals surface area contributed by atoms with Gasteiger partial charge in [-0.3, -0.25) is 4.98 Å². The second-order valence-corrected chi connectivity index (χ2v) is 4.11. The molecule has 80 valence electrons.